The first kappa shape index (κ1) is 17.6. The van der Waals surface area contributed by atoms with Gasteiger partial charge in [0.1, 0.15) is 11.8 Å². The number of carbonyl (C=O) groups excluding carboxylic acids is 2. The lowest BCUT2D eigenvalue weighted by molar-refractivity contribution is -0.147. The van der Waals surface area contributed by atoms with Crippen LogP contribution in [0.3, 0.4) is 0 Å². The number of phenolic OH excluding ortho intramolecular Hbond substituents is 1. The molecule has 1 aliphatic heterocycles. The van der Waals surface area contributed by atoms with Crippen LogP contribution in [0.5, 0.6) is 5.75 Å². The van der Waals surface area contributed by atoms with Crippen LogP contribution < -0.4 is 10.6 Å². The summed E-state index contributed by atoms with van der Waals surface area (Å²) in [5.41, 5.74) is 0.727. The fourth-order valence-corrected chi connectivity index (χ4v) is 2.73. The van der Waals surface area contributed by atoms with Crippen molar-refractivity contribution in [1.29, 1.82) is 0 Å². The third-order valence-electron chi connectivity index (χ3n) is 3.72. The van der Waals surface area contributed by atoms with Crippen LogP contribution in [-0.2, 0) is 20.7 Å². The van der Waals surface area contributed by atoms with E-state index in [2.05, 4.69) is 10.6 Å². The number of ether oxygens (including phenoxy) is 1. The lowest BCUT2D eigenvalue weighted by Gasteiger charge is -2.20. The smallest absolute Gasteiger partial charge is 0.328 e. The Morgan fingerprint density at radius 1 is 1.52 bits per heavy atom. The molecule has 126 valence electrons. The highest BCUT2D eigenvalue weighted by Crippen LogP contribution is 2.24. The lowest BCUT2D eigenvalue weighted by Crippen LogP contribution is -2.49. The van der Waals surface area contributed by atoms with Gasteiger partial charge in [0, 0.05) is 6.42 Å². The number of hydrogen-bond donors (Lipinski definition) is 3. The predicted octanol–water partition coefficient (Wildman–Crippen LogP) is 1.39. The molecule has 0 aliphatic carbocycles. The molecule has 7 heteroatoms. The lowest BCUT2D eigenvalue weighted by atomic mass is 10.0. The van der Waals surface area contributed by atoms with Gasteiger partial charge in [0.05, 0.1) is 17.7 Å². The summed E-state index contributed by atoms with van der Waals surface area (Å²) in [6, 6.07) is 3.64. The van der Waals surface area contributed by atoms with Crippen molar-refractivity contribution in [2.45, 2.75) is 38.3 Å². The molecule has 3 N–H and O–H groups in total. The van der Waals surface area contributed by atoms with E-state index in [9.17, 15) is 14.7 Å². The molecule has 1 aromatic rings. The minimum absolute atomic E-state index is 0.0257. The van der Waals surface area contributed by atoms with Crippen molar-refractivity contribution >= 4 is 23.5 Å². The zero-order valence-corrected chi connectivity index (χ0v) is 13.7. The van der Waals surface area contributed by atoms with Gasteiger partial charge in [0.25, 0.3) is 0 Å². The third kappa shape index (κ3) is 4.84. The van der Waals surface area contributed by atoms with Gasteiger partial charge in [0.2, 0.25) is 5.91 Å². The molecular weight excluding hydrogens is 320 g/mol. The molecule has 6 nitrogen and oxygen atoms in total. The zero-order chi connectivity index (χ0) is 16.8. The second-order valence-electron chi connectivity index (χ2n) is 5.45. The number of carbonyl (C=O) groups is 2. The van der Waals surface area contributed by atoms with Crippen molar-refractivity contribution in [2.24, 2.45) is 0 Å². The Hall–Kier alpha value is -1.79. The van der Waals surface area contributed by atoms with E-state index in [1.54, 1.807) is 19.1 Å². The monoisotopic (exact) mass is 340 g/mol. The number of nitrogens with one attached hydrogen (secondary N) is 2. The van der Waals surface area contributed by atoms with E-state index in [-0.39, 0.29) is 35.7 Å². The van der Waals surface area contributed by atoms with Gasteiger partial charge in [-0.15, -0.1) is 0 Å². The van der Waals surface area contributed by atoms with E-state index in [1.807, 2.05) is 0 Å². The van der Waals surface area contributed by atoms with Crippen LogP contribution >= 0.6 is 11.6 Å². The van der Waals surface area contributed by atoms with Crippen LogP contribution in [0.15, 0.2) is 18.2 Å². The number of benzene rings is 1. The molecule has 0 bridgehead atoms. The molecule has 1 fully saturated rings. The van der Waals surface area contributed by atoms with Gasteiger partial charge in [-0.25, -0.2) is 4.79 Å². The largest absolute Gasteiger partial charge is 0.506 e. The van der Waals surface area contributed by atoms with Gasteiger partial charge in [-0.05, 0) is 44.0 Å². The number of phenols is 1. The zero-order valence-electron chi connectivity index (χ0n) is 13.0. The molecule has 1 heterocycles. The Morgan fingerprint density at radius 2 is 2.30 bits per heavy atom. The second-order valence-corrected chi connectivity index (χ2v) is 5.86. The van der Waals surface area contributed by atoms with E-state index in [0.717, 1.165) is 24.9 Å². The summed E-state index contributed by atoms with van der Waals surface area (Å²) in [5, 5.41) is 15.5. The number of amides is 1. The summed E-state index contributed by atoms with van der Waals surface area (Å²) in [4.78, 5) is 24.3. The SMILES string of the molecule is CCOC(=O)C(Cc1ccc(O)c(Cl)c1)NC(=O)[C@@H]1CCCN1. The minimum Gasteiger partial charge on any atom is -0.506 e. The minimum atomic E-state index is -0.787. The molecule has 0 radical (unpaired) electrons. The summed E-state index contributed by atoms with van der Waals surface area (Å²) < 4.78 is 5.04. The maximum absolute atomic E-state index is 12.2. The van der Waals surface area contributed by atoms with E-state index in [0.29, 0.717) is 0 Å². The number of hydrogen-bond acceptors (Lipinski definition) is 5. The summed E-state index contributed by atoms with van der Waals surface area (Å²) in [5.74, 6) is -0.712. The summed E-state index contributed by atoms with van der Waals surface area (Å²) in [7, 11) is 0. The van der Waals surface area contributed by atoms with Gasteiger partial charge >= 0.3 is 5.97 Å². The van der Waals surface area contributed by atoms with Crippen molar-refractivity contribution in [3.8, 4) is 5.75 Å². The Bertz CT molecular complexity index is 573. The number of esters is 1. The predicted molar refractivity (Wildman–Crippen MR) is 86.4 cm³/mol. The molecule has 1 aromatic carbocycles. The van der Waals surface area contributed by atoms with Gasteiger partial charge < -0.3 is 20.5 Å². The molecular formula is C16H21ClN2O4. The first-order chi connectivity index (χ1) is 11.0. The Labute approximate surface area is 140 Å². The van der Waals surface area contributed by atoms with Crippen molar-refractivity contribution in [3.05, 3.63) is 28.8 Å². The average Bonchev–Trinajstić information content (AvgIpc) is 3.05. The van der Waals surface area contributed by atoms with Crippen LogP contribution in [0.2, 0.25) is 5.02 Å². The maximum Gasteiger partial charge on any atom is 0.328 e. The van der Waals surface area contributed by atoms with Gasteiger partial charge in [-0.3, -0.25) is 4.79 Å². The van der Waals surface area contributed by atoms with Crippen LogP contribution in [0, 0.1) is 0 Å². The van der Waals surface area contributed by atoms with Crippen LogP contribution in [0.25, 0.3) is 0 Å². The van der Waals surface area contributed by atoms with E-state index >= 15 is 0 Å². The molecule has 2 atom stereocenters. The Kier molecular flexibility index (Phi) is 6.24. The maximum atomic E-state index is 12.2. The second kappa shape index (κ2) is 8.17. The molecule has 1 unspecified atom stereocenters. The van der Waals surface area contributed by atoms with Gasteiger partial charge in [0.15, 0.2) is 0 Å². The van der Waals surface area contributed by atoms with Gasteiger partial charge in [-0.1, -0.05) is 17.7 Å². The van der Waals surface area contributed by atoms with Crippen molar-refractivity contribution in [2.75, 3.05) is 13.2 Å². The first-order valence-corrected chi connectivity index (χ1v) is 8.07. The fourth-order valence-electron chi connectivity index (χ4n) is 2.53. The normalized spacial score (nSPS) is 18.4. The van der Waals surface area contributed by atoms with Crippen LogP contribution in [-0.4, -0.2) is 42.2 Å². The standard InChI is InChI=1S/C16H21ClN2O4/c1-2-23-16(22)13(19-15(21)12-4-3-7-18-12)9-10-5-6-14(20)11(17)8-10/h5-6,8,12-13,18,20H,2-4,7,9H2,1H3,(H,19,21)/t12-,13?/m0/s1. The Balaban J connectivity index is 2.08. The summed E-state index contributed by atoms with van der Waals surface area (Å²) >= 11 is 5.88. The highest BCUT2D eigenvalue weighted by molar-refractivity contribution is 6.32. The highest BCUT2D eigenvalue weighted by Gasteiger charge is 2.28. The molecule has 0 spiro atoms. The van der Waals surface area contributed by atoms with Crippen molar-refractivity contribution in [3.63, 3.8) is 0 Å². The first-order valence-electron chi connectivity index (χ1n) is 7.69. The van der Waals surface area contributed by atoms with Crippen molar-refractivity contribution in [1.82, 2.24) is 10.6 Å². The molecule has 0 aromatic heterocycles. The van der Waals surface area contributed by atoms with E-state index in [4.69, 9.17) is 16.3 Å². The fraction of sp³-hybridized carbons (Fsp3) is 0.500. The molecule has 1 amide bonds. The highest BCUT2D eigenvalue weighted by atomic mass is 35.5. The molecule has 23 heavy (non-hydrogen) atoms. The summed E-state index contributed by atoms with van der Waals surface area (Å²) in [6.45, 7) is 2.76. The van der Waals surface area contributed by atoms with Crippen LogP contribution in [0.4, 0.5) is 0 Å². The van der Waals surface area contributed by atoms with E-state index in [1.165, 1.54) is 6.07 Å². The third-order valence-corrected chi connectivity index (χ3v) is 4.02. The quantitative estimate of drug-likeness (QED) is 0.681. The molecule has 2 rings (SSSR count). The van der Waals surface area contributed by atoms with Crippen molar-refractivity contribution < 1.29 is 19.4 Å². The van der Waals surface area contributed by atoms with E-state index < -0.39 is 12.0 Å². The number of halogens is 1. The molecule has 1 saturated heterocycles. The topological polar surface area (TPSA) is 87.7 Å². The molecule has 0 saturated carbocycles. The number of rotatable bonds is 6. The van der Waals surface area contributed by atoms with Gasteiger partial charge in [-0.2, -0.15) is 0 Å². The average molecular weight is 341 g/mol. The summed E-state index contributed by atoms with van der Waals surface area (Å²) in [6.07, 6.45) is 1.94. The Morgan fingerprint density at radius 3 is 2.91 bits per heavy atom. The number of aromatic hydroxyl groups is 1. The van der Waals surface area contributed by atoms with Crippen LogP contribution in [0.1, 0.15) is 25.3 Å². The molecule has 1 aliphatic rings.